The number of hydrogen-bond donors (Lipinski definition) is 0. The van der Waals surface area contributed by atoms with Crippen LogP contribution in [0, 0.1) is 6.92 Å². The quantitative estimate of drug-likeness (QED) is 0.836. The summed E-state index contributed by atoms with van der Waals surface area (Å²) in [6, 6.07) is 7.53. The van der Waals surface area contributed by atoms with Gasteiger partial charge in [-0.05, 0) is 25.0 Å². The summed E-state index contributed by atoms with van der Waals surface area (Å²) in [5.41, 5.74) is 1.89. The molecule has 2 rings (SSSR count). The monoisotopic (exact) mass is 269 g/mol. The Morgan fingerprint density at radius 3 is 2.78 bits per heavy atom. The smallest absolute Gasteiger partial charge is 0.218 e. The second-order valence-electron chi connectivity index (χ2n) is 4.72. The molecule has 0 radical (unpaired) electrons. The SMILES string of the molecule is Cc1ccccc1CS(=O)(=O)N1CCOCC1C. The maximum atomic E-state index is 12.4. The summed E-state index contributed by atoms with van der Waals surface area (Å²) < 4.78 is 31.6. The van der Waals surface area contributed by atoms with Crippen molar-refractivity contribution in [3.8, 4) is 0 Å². The molecule has 0 saturated carbocycles. The average molecular weight is 269 g/mol. The lowest BCUT2D eigenvalue weighted by atomic mass is 10.1. The van der Waals surface area contributed by atoms with E-state index in [0.29, 0.717) is 19.8 Å². The van der Waals surface area contributed by atoms with Crippen LogP contribution in [0.3, 0.4) is 0 Å². The Bertz CT molecular complexity index is 513. The van der Waals surface area contributed by atoms with Gasteiger partial charge in [0, 0.05) is 12.6 Å². The Hall–Kier alpha value is -0.910. The van der Waals surface area contributed by atoms with Gasteiger partial charge in [-0.2, -0.15) is 4.31 Å². The third-order valence-corrected chi connectivity index (χ3v) is 5.20. The van der Waals surface area contributed by atoms with Crippen LogP contribution >= 0.6 is 0 Å². The van der Waals surface area contributed by atoms with Crippen LogP contribution in [0.4, 0.5) is 0 Å². The molecule has 1 fully saturated rings. The number of nitrogens with zero attached hydrogens (tertiary/aromatic N) is 1. The molecule has 0 N–H and O–H groups in total. The second-order valence-corrected chi connectivity index (χ2v) is 6.64. The Morgan fingerprint density at radius 2 is 2.11 bits per heavy atom. The molecule has 1 unspecified atom stereocenters. The van der Waals surface area contributed by atoms with E-state index in [0.717, 1.165) is 11.1 Å². The zero-order valence-electron chi connectivity index (χ0n) is 10.8. The van der Waals surface area contributed by atoms with Gasteiger partial charge >= 0.3 is 0 Å². The minimum atomic E-state index is -3.25. The topological polar surface area (TPSA) is 46.6 Å². The standard InChI is InChI=1S/C13H19NO3S/c1-11-5-3-4-6-13(11)10-18(15,16)14-7-8-17-9-12(14)2/h3-6,12H,7-10H2,1-2H3. The number of morpholine rings is 1. The lowest BCUT2D eigenvalue weighted by molar-refractivity contribution is 0.0392. The van der Waals surface area contributed by atoms with E-state index < -0.39 is 10.0 Å². The molecule has 4 nitrogen and oxygen atoms in total. The van der Waals surface area contributed by atoms with Crippen molar-refractivity contribution >= 4 is 10.0 Å². The van der Waals surface area contributed by atoms with Crippen molar-refractivity contribution in [2.24, 2.45) is 0 Å². The number of benzene rings is 1. The molecular formula is C13H19NO3S. The lowest BCUT2D eigenvalue weighted by Gasteiger charge is -2.32. The van der Waals surface area contributed by atoms with Crippen LogP contribution in [0.25, 0.3) is 0 Å². The van der Waals surface area contributed by atoms with Crippen LogP contribution in [-0.2, 0) is 20.5 Å². The number of sulfonamides is 1. The summed E-state index contributed by atoms with van der Waals surface area (Å²) >= 11 is 0. The predicted molar refractivity (Wildman–Crippen MR) is 70.8 cm³/mol. The molecular weight excluding hydrogens is 250 g/mol. The Balaban J connectivity index is 2.19. The van der Waals surface area contributed by atoms with Crippen molar-refractivity contribution < 1.29 is 13.2 Å². The highest BCUT2D eigenvalue weighted by Gasteiger charge is 2.30. The fourth-order valence-corrected chi connectivity index (χ4v) is 4.02. The van der Waals surface area contributed by atoms with E-state index in [4.69, 9.17) is 4.74 Å². The number of ether oxygens (including phenoxy) is 1. The Morgan fingerprint density at radius 1 is 1.39 bits per heavy atom. The molecule has 1 aromatic carbocycles. The van der Waals surface area contributed by atoms with Gasteiger partial charge in [-0.1, -0.05) is 24.3 Å². The third-order valence-electron chi connectivity index (χ3n) is 3.26. The normalized spacial score (nSPS) is 22.0. The van der Waals surface area contributed by atoms with Gasteiger partial charge in [-0.3, -0.25) is 0 Å². The van der Waals surface area contributed by atoms with Gasteiger partial charge < -0.3 is 4.74 Å². The summed E-state index contributed by atoms with van der Waals surface area (Å²) in [4.78, 5) is 0. The van der Waals surface area contributed by atoms with Crippen LogP contribution < -0.4 is 0 Å². The summed E-state index contributed by atoms with van der Waals surface area (Å²) in [5, 5.41) is 0. The van der Waals surface area contributed by atoms with E-state index in [1.165, 1.54) is 0 Å². The molecule has 0 amide bonds. The predicted octanol–water partition coefficient (Wildman–Crippen LogP) is 1.55. The van der Waals surface area contributed by atoms with E-state index in [2.05, 4.69) is 0 Å². The highest BCUT2D eigenvalue weighted by Crippen LogP contribution is 2.18. The first-order chi connectivity index (χ1) is 8.50. The van der Waals surface area contributed by atoms with Gasteiger partial charge in [-0.15, -0.1) is 0 Å². The Labute approximate surface area is 109 Å². The molecule has 100 valence electrons. The van der Waals surface area contributed by atoms with E-state index in [1.807, 2.05) is 38.1 Å². The summed E-state index contributed by atoms with van der Waals surface area (Å²) in [7, 11) is -3.25. The summed E-state index contributed by atoms with van der Waals surface area (Å²) in [5.74, 6) is 0.0734. The van der Waals surface area contributed by atoms with Gasteiger partial charge in [0.2, 0.25) is 10.0 Å². The minimum absolute atomic E-state index is 0.0734. The van der Waals surface area contributed by atoms with Gasteiger partial charge in [0.15, 0.2) is 0 Å². The fourth-order valence-electron chi connectivity index (χ4n) is 2.18. The van der Waals surface area contributed by atoms with Crippen LogP contribution in [-0.4, -0.2) is 38.5 Å². The molecule has 0 aromatic heterocycles. The van der Waals surface area contributed by atoms with Crippen molar-refractivity contribution in [3.05, 3.63) is 35.4 Å². The van der Waals surface area contributed by atoms with Crippen molar-refractivity contribution in [1.82, 2.24) is 4.31 Å². The Kier molecular flexibility index (Phi) is 4.04. The molecule has 1 aliphatic rings. The van der Waals surface area contributed by atoms with Crippen molar-refractivity contribution in [3.63, 3.8) is 0 Å². The van der Waals surface area contributed by atoms with E-state index >= 15 is 0 Å². The van der Waals surface area contributed by atoms with Crippen LogP contribution in [0.15, 0.2) is 24.3 Å². The fraction of sp³-hybridized carbons (Fsp3) is 0.538. The zero-order chi connectivity index (χ0) is 13.2. The van der Waals surface area contributed by atoms with Gasteiger partial charge in [0.25, 0.3) is 0 Å². The number of hydrogen-bond acceptors (Lipinski definition) is 3. The summed E-state index contributed by atoms with van der Waals surface area (Å²) in [6.45, 7) is 5.24. The molecule has 1 saturated heterocycles. The molecule has 0 spiro atoms. The van der Waals surface area contributed by atoms with Crippen molar-refractivity contribution in [1.29, 1.82) is 0 Å². The van der Waals surface area contributed by atoms with Crippen LogP contribution in [0.5, 0.6) is 0 Å². The molecule has 1 aliphatic heterocycles. The van der Waals surface area contributed by atoms with E-state index in [9.17, 15) is 8.42 Å². The molecule has 0 aliphatic carbocycles. The van der Waals surface area contributed by atoms with Crippen molar-refractivity contribution in [2.45, 2.75) is 25.6 Å². The maximum Gasteiger partial charge on any atom is 0.218 e. The van der Waals surface area contributed by atoms with Crippen molar-refractivity contribution in [2.75, 3.05) is 19.8 Å². The lowest BCUT2D eigenvalue weighted by Crippen LogP contribution is -2.47. The van der Waals surface area contributed by atoms with Gasteiger partial charge in [-0.25, -0.2) is 8.42 Å². The summed E-state index contributed by atoms with van der Waals surface area (Å²) in [6.07, 6.45) is 0. The molecule has 1 atom stereocenters. The zero-order valence-corrected chi connectivity index (χ0v) is 11.6. The highest BCUT2D eigenvalue weighted by atomic mass is 32.2. The van der Waals surface area contributed by atoms with E-state index in [1.54, 1.807) is 4.31 Å². The maximum absolute atomic E-state index is 12.4. The van der Waals surface area contributed by atoms with Gasteiger partial charge in [0.1, 0.15) is 0 Å². The highest BCUT2D eigenvalue weighted by molar-refractivity contribution is 7.88. The van der Waals surface area contributed by atoms with Crippen LogP contribution in [0.1, 0.15) is 18.1 Å². The molecule has 18 heavy (non-hydrogen) atoms. The van der Waals surface area contributed by atoms with Gasteiger partial charge in [0.05, 0.1) is 19.0 Å². The molecule has 1 aromatic rings. The molecule has 0 bridgehead atoms. The molecule has 1 heterocycles. The first-order valence-electron chi connectivity index (χ1n) is 6.12. The third kappa shape index (κ3) is 2.91. The first kappa shape index (κ1) is 13.5. The molecule has 5 heteroatoms. The van der Waals surface area contributed by atoms with Crippen LogP contribution in [0.2, 0.25) is 0 Å². The largest absolute Gasteiger partial charge is 0.378 e. The van der Waals surface area contributed by atoms with E-state index in [-0.39, 0.29) is 11.8 Å². The number of aryl methyl sites for hydroxylation is 1. The minimum Gasteiger partial charge on any atom is -0.378 e. The second kappa shape index (κ2) is 5.38. The number of rotatable bonds is 3. The first-order valence-corrected chi connectivity index (χ1v) is 7.73. The average Bonchev–Trinajstić information content (AvgIpc) is 2.32.